The van der Waals surface area contributed by atoms with Gasteiger partial charge < -0.3 is 19.7 Å². The third-order valence-electron chi connectivity index (χ3n) is 5.07. The summed E-state index contributed by atoms with van der Waals surface area (Å²) in [6.07, 6.45) is 3.88. The Kier molecular flexibility index (Phi) is 5.76. The Morgan fingerprint density at radius 2 is 2.24 bits per heavy atom. The summed E-state index contributed by atoms with van der Waals surface area (Å²) < 4.78 is 12.3. The Morgan fingerprint density at radius 3 is 3.00 bits per heavy atom. The van der Waals surface area contributed by atoms with Crippen LogP contribution in [0.15, 0.2) is 12.4 Å². The SMILES string of the molecule is CC(C)N1CCOCC2(CCC(CNc3cc(N(C)C)ncn3)O2)C1. The second-order valence-electron chi connectivity index (χ2n) is 7.62. The highest BCUT2D eigenvalue weighted by Crippen LogP contribution is 2.33. The summed E-state index contributed by atoms with van der Waals surface area (Å²) in [5.74, 6) is 1.73. The van der Waals surface area contributed by atoms with Crippen LogP contribution in [0, 0.1) is 0 Å². The lowest BCUT2D eigenvalue weighted by Gasteiger charge is -2.34. The zero-order valence-corrected chi connectivity index (χ0v) is 15.9. The molecule has 3 rings (SSSR count). The highest BCUT2D eigenvalue weighted by atomic mass is 16.6. The molecule has 1 aromatic rings. The molecule has 0 saturated carbocycles. The predicted molar refractivity (Wildman–Crippen MR) is 99.2 cm³/mol. The molecule has 2 saturated heterocycles. The van der Waals surface area contributed by atoms with Crippen molar-refractivity contribution >= 4 is 11.6 Å². The molecule has 1 spiro atoms. The zero-order chi connectivity index (χ0) is 17.9. The summed E-state index contributed by atoms with van der Waals surface area (Å²) >= 11 is 0. The summed E-state index contributed by atoms with van der Waals surface area (Å²) in [6, 6.07) is 2.48. The van der Waals surface area contributed by atoms with Crippen LogP contribution in [0.3, 0.4) is 0 Å². The largest absolute Gasteiger partial charge is 0.377 e. The lowest BCUT2D eigenvalue weighted by molar-refractivity contribution is -0.0839. The molecule has 7 nitrogen and oxygen atoms in total. The van der Waals surface area contributed by atoms with Gasteiger partial charge in [-0.2, -0.15) is 0 Å². The van der Waals surface area contributed by atoms with Crippen LogP contribution in [0.25, 0.3) is 0 Å². The van der Waals surface area contributed by atoms with E-state index in [1.54, 1.807) is 6.33 Å². The Morgan fingerprint density at radius 1 is 1.40 bits per heavy atom. The van der Waals surface area contributed by atoms with E-state index in [0.717, 1.165) is 50.7 Å². The van der Waals surface area contributed by atoms with Gasteiger partial charge in [0.05, 0.1) is 19.3 Å². The highest BCUT2D eigenvalue weighted by Gasteiger charge is 2.43. The van der Waals surface area contributed by atoms with Gasteiger partial charge >= 0.3 is 0 Å². The van der Waals surface area contributed by atoms with Gasteiger partial charge in [0.15, 0.2) is 0 Å². The molecule has 0 amide bonds. The Hall–Kier alpha value is -1.44. The molecule has 0 aromatic carbocycles. The molecule has 0 bridgehead atoms. The first-order valence-electron chi connectivity index (χ1n) is 9.20. The maximum atomic E-state index is 6.47. The van der Waals surface area contributed by atoms with E-state index >= 15 is 0 Å². The van der Waals surface area contributed by atoms with Crippen molar-refractivity contribution in [2.45, 2.75) is 44.4 Å². The Labute approximate surface area is 150 Å². The predicted octanol–water partition coefficient (Wildman–Crippen LogP) is 1.61. The fourth-order valence-corrected chi connectivity index (χ4v) is 3.54. The number of nitrogens with zero attached hydrogens (tertiary/aromatic N) is 4. The molecule has 2 fully saturated rings. The smallest absolute Gasteiger partial charge is 0.133 e. The molecule has 140 valence electrons. The molecular weight excluding hydrogens is 318 g/mol. The van der Waals surface area contributed by atoms with Crippen molar-refractivity contribution in [2.24, 2.45) is 0 Å². The standard InChI is InChI=1S/C18H31N5O2/c1-14(2)23-7-8-24-12-18(11-23)6-5-15(25-18)10-19-16-9-17(22(3)4)21-13-20-16/h9,13-15H,5-8,10-12H2,1-4H3,(H,19,20,21). The molecule has 0 radical (unpaired) electrons. The Balaban J connectivity index is 1.56. The number of hydrogen-bond acceptors (Lipinski definition) is 7. The maximum absolute atomic E-state index is 6.47. The van der Waals surface area contributed by atoms with Gasteiger partial charge in [-0.1, -0.05) is 0 Å². The fraction of sp³-hybridized carbons (Fsp3) is 0.778. The van der Waals surface area contributed by atoms with Crippen LogP contribution in [0.5, 0.6) is 0 Å². The van der Waals surface area contributed by atoms with E-state index in [-0.39, 0.29) is 11.7 Å². The van der Waals surface area contributed by atoms with Crippen molar-refractivity contribution < 1.29 is 9.47 Å². The van der Waals surface area contributed by atoms with E-state index in [2.05, 4.69) is 34.0 Å². The molecule has 7 heteroatoms. The average Bonchev–Trinajstić information content (AvgIpc) is 2.86. The van der Waals surface area contributed by atoms with Crippen LogP contribution in [0.1, 0.15) is 26.7 Å². The fourth-order valence-electron chi connectivity index (χ4n) is 3.54. The van der Waals surface area contributed by atoms with Crippen molar-refractivity contribution in [2.75, 3.05) is 57.2 Å². The minimum Gasteiger partial charge on any atom is -0.377 e. The van der Waals surface area contributed by atoms with E-state index in [4.69, 9.17) is 9.47 Å². The van der Waals surface area contributed by atoms with E-state index in [1.807, 2.05) is 25.1 Å². The second-order valence-corrected chi connectivity index (χ2v) is 7.62. The van der Waals surface area contributed by atoms with Crippen LogP contribution >= 0.6 is 0 Å². The van der Waals surface area contributed by atoms with E-state index in [0.29, 0.717) is 12.6 Å². The lowest BCUT2D eigenvalue weighted by Crippen LogP contribution is -2.47. The summed E-state index contributed by atoms with van der Waals surface area (Å²) in [5.41, 5.74) is -0.159. The van der Waals surface area contributed by atoms with Gasteiger partial charge in [0.2, 0.25) is 0 Å². The second kappa shape index (κ2) is 7.85. The molecule has 0 aliphatic carbocycles. The molecule has 25 heavy (non-hydrogen) atoms. The van der Waals surface area contributed by atoms with Gasteiger partial charge in [-0.3, -0.25) is 4.90 Å². The van der Waals surface area contributed by atoms with Crippen LogP contribution < -0.4 is 10.2 Å². The molecular formula is C18H31N5O2. The number of nitrogens with one attached hydrogen (secondary N) is 1. The van der Waals surface area contributed by atoms with Crippen LogP contribution in [-0.2, 0) is 9.47 Å². The topological polar surface area (TPSA) is 62.8 Å². The highest BCUT2D eigenvalue weighted by molar-refractivity contribution is 5.47. The van der Waals surface area contributed by atoms with E-state index < -0.39 is 0 Å². The molecule has 2 atom stereocenters. The third-order valence-corrected chi connectivity index (χ3v) is 5.07. The molecule has 1 aromatic heterocycles. The van der Waals surface area contributed by atoms with Crippen LogP contribution in [0.2, 0.25) is 0 Å². The molecule has 2 unspecified atom stereocenters. The molecule has 2 aliphatic rings. The lowest BCUT2D eigenvalue weighted by atomic mass is 9.99. The summed E-state index contributed by atoms with van der Waals surface area (Å²) in [5, 5.41) is 3.40. The van der Waals surface area contributed by atoms with E-state index in [1.165, 1.54) is 0 Å². The van der Waals surface area contributed by atoms with Crippen molar-refractivity contribution in [3.05, 3.63) is 12.4 Å². The van der Waals surface area contributed by atoms with Gasteiger partial charge in [0.1, 0.15) is 23.6 Å². The molecule has 3 heterocycles. The summed E-state index contributed by atoms with van der Waals surface area (Å²) in [4.78, 5) is 13.0. The summed E-state index contributed by atoms with van der Waals surface area (Å²) in [6.45, 7) is 8.67. The van der Waals surface area contributed by atoms with Crippen molar-refractivity contribution in [3.8, 4) is 0 Å². The van der Waals surface area contributed by atoms with Crippen LogP contribution in [-0.4, -0.2) is 79.6 Å². The van der Waals surface area contributed by atoms with Crippen molar-refractivity contribution in [1.82, 2.24) is 14.9 Å². The first-order chi connectivity index (χ1) is 12.0. The average molecular weight is 349 g/mol. The summed E-state index contributed by atoms with van der Waals surface area (Å²) in [7, 11) is 3.95. The minimum absolute atomic E-state index is 0.159. The van der Waals surface area contributed by atoms with Gasteiger partial charge in [-0.25, -0.2) is 9.97 Å². The van der Waals surface area contributed by atoms with Gasteiger partial charge in [0, 0.05) is 45.8 Å². The van der Waals surface area contributed by atoms with Gasteiger partial charge in [0.25, 0.3) is 0 Å². The number of anilines is 2. The molecule has 1 N–H and O–H groups in total. The van der Waals surface area contributed by atoms with E-state index in [9.17, 15) is 0 Å². The zero-order valence-electron chi connectivity index (χ0n) is 15.9. The number of rotatable bonds is 5. The number of aromatic nitrogens is 2. The van der Waals surface area contributed by atoms with Gasteiger partial charge in [-0.05, 0) is 26.7 Å². The normalized spacial score (nSPS) is 27.6. The first-order valence-corrected chi connectivity index (χ1v) is 9.20. The molecule has 2 aliphatic heterocycles. The minimum atomic E-state index is -0.159. The van der Waals surface area contributed by atoms with Crippen molar-refractivity contribution in [1.29, 1.82) is 0 Å². The first kappa shape index (κ1) is 18.4. The van der Waals surface area contributed by atoms with Crippen molar-refractivity contribution in [3.63, 3.8) is 0 Å². The number of hydrogen-bond donors (Lipinski definition) is 1. The monoisotopic (exact) mass is 349 g/mol. The third kappa shape index (κ3) is 4.59. The van der Waals surface area contributed by atoms with Crippen LogP contribution in [0.4, 0.5) is 11.6 Å². The van der Waals surface area contributed by atoms with Gasteiger partial charge in [-0.15, -0.1) is 0 Å². The number of ether oxygens (including phenoxy) is 2. The Bertz CT molecular complexity index is 568. The maximum Gasteiger partial charge on any atom is 0.133 e. The quantitative estimate of drug-likeness (QED) is 0.866.